The van der Waals surface area contributed by atoms with Crippen molar-refractivity contribution in [1.82, 2.24) is 0 Å². The Bertz CT molecular complexity index is 364. The zero-order valence-corrected chi connectivity index (χ0v) is 7.73. The number of phenols is 1. The number of hydrogen-bond acceptors (Lipinski definition) is 3. The van der Waals surface area contributed by atoms with Gasteiger partial charge in [-0.25, -0.2) is 0 Å². The molecule has 2 N–H and O–H groups in total. The molecular weight excluding hydrogens is 182 g/mol. The first-order chi connectivity index (χ1) is 6.68. The second-order valence-electron chi connectivity index (χ2n) is 3.27. The van der Waals surface area contributed by atoms with Crippen molar-refractivity contribution in [1.29, 1.82) is 0 Å². The second kappa shape index (κ2) is 3.31. The molecule has 2 rings (SSSR count). The maximum absolute atomic E-state index is 11.4. The second-order valence-corrected chi connectivity index (χ2v) is 3.27. The average molecular weight is 193 g/mol. The van der Waals surface area contributed by atoms with E-state index in [2.05, 4.69) is 5.32 Å². The predicted octanol–water partition coefficient (Wildman–Crippen LogP) is 1.12. The van der Waals surface area contributed by atoms with Crippen LogP contribution in [0.4, 0.5) is 5.69 Å². The maximum atomic E-state index is 11.4. The summed E-state index contributed by atoms with van der Waals surface area (Å²) in [5.74, 6) is -0.145. The first-order valence-corrected chi connectivity index (χ1v) is 4.43. The van der Waals surface area contributed by atoms with E-state index in [0.29, 0.717) is 5.69 Å². The topological polar surface area (TPSA) is 61.9 Å². The Labute approximate surface area is 81.5 Å². The van der Waals surface area contributed by atoms with E-state index in [1.807, 2.05) is 6.92 Å². The molecule has 0 bridgehead atoms. The fraction of sp³-hybridized carbons (Fsp3) is 0.300. The number of benzene rings is 1. The van der Waals surface area contributed by atoms with E-state index in [9.17, 15) is 9.90 Å². The standard InChI is InChI=1S/C10H11NO3/c1-6-9(14-6)10(13)11-7-4-2-3-5-8(7)12/h2-6,9,12H,1H3,(H,11,13). The molecular formula is C10H11NO3. The van der Waals surface area contributed by atoms with Gasteiger partial charge in [0.1, 0.15) is 5.75 Å². The van der Waals surface area contributed by atoms with Crippen LogP contribution in [0, 0.1) is 0 Å². The molecule has 1 aromatic rings. The van der Waals surface area contributed by atoms with Gasteiger partial charge in [0.15, 0.2) is 6.10 Å². The number of para-hydroxylation sites is 2. The Balaban J connectivity index is 2.04. The van der Waals surface area contributed by atoms with Gasteiger partial charge in [-0.15, -0.1) is 0 Å². The smallest absolute Gasteiger partial charge is 0.256 e. The number of ether oxygens (including phenoxy) is 1. The van der Waals surface area contributed by atoms with Crippen molar-refractivity contribution in [3.8, 4) is 5.75 Å². The van der Waals surface area contributed by atoms with Gasteiger partial charge >= 0.3 is 0 Å². The highest BCUT2D eigenvalue weighted by Gasteiger charge is 2.41. The Kier molecular flexibility index (Phi) is 2.13. The van der Waals surface area contributed by atoms with Gasteiger partial charge in [0, 0.05) is 0 Å². The quantitative estimate of drug-likeness (QED) is 0.546. The van der Waals surface area contributed by atoms with Crippen LogP contribution in [0.2, 0.25) is 0 Å². The largest absolute Gasteiger partial charge is 0.506 e. The minimum atomic E-state index is -0.366. The van der Waals surface area contributed by atoms with Crippen LogP contribution in [0.1, 0.15) is 6.92 Å². The first-order valence-electron chi connectivity index (χ1n) is 4.43. The monoisotopic (exact) mass is 193 g/mol. The van der Waals surface area contributed by atoms with E-state index < -0.39 is 0 Å². The number of epoxide rings is 1. The van der Waals surface area contributed by atoms with E-state index in [1.54, 1.807) is 18.2 Å². The van der Waals surface area contributed by atoms with Crippen molar-refractivity contribution in [2.45, 2.75) is 19.1 Å². The lowest BCUT2D eigenvalue weighted by atomic mass is 10.2. The van der Waals surface area contributed by atoms with Crippen LogP contribution >= 0.6 is 0 Å². The third-order valence-electron chi connectivity index (χ3n) is 2.13. The zero-order valence-electron chi connectivity index (χ0n) is 7.73. The lowest BCUT2D eigenvalue weighted by Crippen LogP contribution is -2.19. The lowest BCUT2D eigenvalue weighted by molar-refractivity contribution is -0.117. The molecule has 14 heavy (non-hydrogen) atoms. The molecule has 1 aliphatic heterocycles. The molecule has 1 aliphatic rings. The molecule has 1 fully saturated rings. The van der Waals surface area contributed by atoms with Crippen LogP contribution in [-0.2, 0) is 9.53 Å². The Morgan fingerprint density at radius 1 is 1.50 bits per heavy atom. The molecule has 0 radical (unpaired) electrons. The zero-order chi connectivity index (χ0) is 10.1. The molecule has 4 nitrogen and oxygen atoms in total. The summed E-state index contributed by atoms with van der Waals surface area (Å²) in [5.41, 5.74) is 0.417. The summed E-state index contributed by atoms with van der Waals surface area (Å²) >= 11 is 0. The summed E-state index contributed by atoms with van der Waals surface area (Å²) in [6.07, 6.45) is -0.379. The number of amides is 1. The van der Waals surface area contributed by atoms with Gasteiger partial charge in [-0.05, 0) is 19.1 Å². The maximum Gasteiger partial charge on any atom is 0.256 e. The van der Waals surface area contributed by atoms with Crippen LogP contribution in [0.15, 0.2) is 24.3 Å². The summed E-state index contributed by atoms with van der Waals surface area (Å²) in [6.45, 7) is 1.83. The predicted molar refractivity (Wildman–Crippen MR) is 51.1 cm³/mol. The normalized spacial score (nSPS) is 24.4. The van der Waals surface area contributed by atoms with Crippen LogP contribution in [0.3, 0.4) is 0 Å². The third-order valence-corrected chi connectivity index (χ3v) is 2.13. The number of hydrogen-bond donors (Lipinski definition) is 2. The summed E-state index contributed by atoms with van der Waals surface area (Å²) in [4.78, 5) is 11.4. The molecule has 2 unspecified atom stereocenters. The fourth-order valence-electron chi connectivity index (χ4n) is 1.24. The number of aromatic hydroxyl groups is 1. The van der Waals surface area contributed by atoms with Crippen LogP contribution in [0.25, 0.3) is 0 Å². The molecule has 4 heteroatoms. The highest BCUT2D eigenvalue weighted by molar-refractivity contribution is 5.97. The highest BCUT2D eigenvalue weighted by Crippen LogP contribution is 2.26. The minimum absolute atomic E-state index is 0.0131. The SMILES string of the molecule is CC1OC1C(=O)Nc1ccccc1O. The summed E-state index contributed by atoms with van der Waals surface area (Å²) in [5, 5.41) is 12.0. The van der Waals surface area contributed by atoms with Gasteiger partial charge in [-0.1, -0.05) is 12.1 Å². The van der Waals surface area contributed by atoms with Gasteiger partial charge in [0.25, 0.3) is 5.91 Å². The summed E-state index contributed by atoms with van der Waals surface area (Å²) in [7, 11) is 0. The number of rotatable bonds is 2. The van der Waals surface area contributed by atoms with Crippen molar-refractivity contribution in [3.63, 3.8) is 0 Å². The van der Waals surface area contributed by atoms with Gasteiger partial charge in [0.2, 0.25) is 0 Å². The van der Waals surface area contributed by atoms with Gasteiger partial charge in [0.05, 0.1) is 11.8 Å². The summed E-state index contributed by atoms with van der Waals surface area (Å²) < 4.78 is 5.00. The van der Waals surface area contributed by atoms with E-state index in [0.717, 1.165) is 0 Å². The van der Waals surface area contributed by atoms with Gasteiger partial charge < -0.3 is 15.2 Å². The molecule has 1 amide bonds. The van der Waals surface area contributed by atoms with Gasteiger partial charge in [-0.2, -0.15) is 0 Å². The fourth-order valence-corrected chi connectivity index (χ4v) is 1.24. The van der Waals surface area contributed by atoms with Crippen molar-refractivity contribution in [2.24, 2.45) is 0 Å². The minimum Gasteiger partial charge on any atom is -0.506 e. The van der Waals surface area contributed by atoms with Crippen LogP contribution in [0.5, 0.6) is 5.75 Å². The molecule has 1 heterocycles. The van der Waals surface area contributed by atoms with Crippen molar-refractivity contribution < 1.29 is 14.6 Å². The number of carbonyl (C=O) groups is 1. The molecule has 0 spiro atoms. The highest BCUT2D eigenvalue weighted by atomic mass is 16.6. The molecule has 74 valence electrons. The number of nitrogens with one attached hydrogen (secondary N) is 1. The molecule has 1 aromatic carbocycles. The summed E-state index contributed by atoms with van der Waals surface area (Å²) in [6, 6.07) is 6.60. The lowest BCUT2D eigenvalue weighted by Gasteiger charge is -2.04. The number of carbonyl (C=O) groups excluding carboxylic acids is 1. The Hall–Kier alpha value is -1.55. The van der Waals surface area contributed by atoms with Crippen molar-refractivity contribution in [3.05, 3.63) is 24.3 Å². The van der Waals surface area contributed by atoms with Crippen molar-refractivity contribution in [2.75, 3.05) is 5.32 Å². The number of phenolic OH excluding ortho intramolecular Hbond substituents is 1. The molecule has 2 atom stereocenters. The van der Waals surface area contributed by atoms with E-state index in [-0.39, 0.29) is 23.9 Å². The van der Waals surface area contributed by atoms with Crippen LogP contribution < -0.4 is 5.32 Å². The van der Waals surface area contributed by atoms with E-state index in [4.69, 9.17) is 4.74 Å². The molecule has 1 saturated heterocycles. The van der Waals surface area contributed by atoms with Crippen molar-refractivity contribution >= 4 is 11.6 Å². The molecule has 0 aliphatic carbocycles. The Morgan fingerprint density at radius 3 is 2.71 bits per heavy atom. The average Bonchev–Trinajstić information content (AvgIpc) is 2.87. The van der Waals surface area contributed by atoms with E-state index in [1.165, 1.54) is 6.07 Å². The molecule has 0 aromatic heterocycles. The Morgan fingerprint density at radius 2 is 2.14 bits per heavy atom. The van der Waals surface area contributed by atoms with E-state index >= 15 is 0 Å². The molecule has 0 saturated carbocycles. The van der Waals surface area contributed by atoms with Gasteiger partial charge in [-0.3, -0.25) is 4.79 Å². The van der Waals surface area contributed by atoms with Crippen LogP contribution in [-0.4, -0.2) is 23.2 Å². The third kappa shape index (κ3) is 1.70. The first kappa shape index (κ1) is 9.02. The number of anilines is 1.